The van der Waals surface area contributed by atoms with Gasteiger partial charge in [0, 0.05) is 6.54 Å². The number of rotatable bonds is 5. The van der Waals surface area contributed by atoms with Gasteiger partial charge in [0.05, 0.1) is 6.54 Å². The molecule has 0 unspecified atom stereocenters. The molecule has 0 saturated carbocycles. The van der Waals surface area contributed by atoms with Gasteiger partial charge in [-0.15, -0.1) is 0 Å². The number of hydrogen-bond acceptors (Lipinski definition) is 2. The summed E-state index contributed by atoms with van der Waals surface area (Å²) in [5, 5.41) is 2.99. The molecule has 0 aliphatic carbocycles. The third kappa shape index (κ3) is 5.50. The molecule has 0 aromatic rings. The van der Waals surface area contributed by atoms with E-state index in [1.165, 1.54) is 12.8 Å². The van der Waals surface area contributed by atoms with Gasteiger partial charge in [0.1, 0.15) is 0 Å². The summed E-state index contributed by atoms with van der Waals surface area (Å²) in [6, 6.07) is 0. The van der Waals surface area contributed by atoms with E-state index in [2.05, 4.69) is 31.0 Å². The Kier molecular flexibility index (Phi) is 5.81. The minimum atomic E-state index is 0.190. The Bertz CT molecular complexity index is 208. The molecule has 0 radical (unpaired) electrons. The van der Waals surface area contributed by atoms with Crippen LogP contribution in [0, 0.1) is 11.8 Å². The first kappa shape index (κ1) is 13.5. The zero-order valence-electron chi connectivity index (χ0n) is 11.0. The Hall–Kier alpha value is -0.570. The lowest BCUT2D eigenvalue weighted by Crippen LogP contribution is -2.41. The van der Waals surface area contributed by atoms with E-state index in [0.717, 1.165) is 32.0 Å². The molecule has 0 atom stereocenters. The Morgan fingerprint density at radius 2 is 2.00 bits per heavy atom. The molecule has 1 amide bonds. The summed E-state index contributed by atoms with van der Waals surface area (Å²) in [6.07, 6.45) is 3.54. The van der Waals surface area contributed by atoms with Crippen LogP contribution in [0.25, 0.3) is 0 Å². The van der Waals surface area contributed by atoms with Crippen LogP contribution < -0.4 is 5.32 Å². The van der Waals surface area contributed by atoms with Crippen molar-refractivity contribution >= 4 is 5.91 Å². The van der Waals surface area contributed by atoms with Crippen LogP contribution >= 0.6 is 0 Å². The molecule has 0 spiro atoms. The molecule has 3 heteroatoms. The van der Waals surface area contributed by atoms with Crippen LogP contribution in [0.2, 0.25) is 0 Å². The molecule has 0 aromatic carbocycles. The van der Waals surface area contributed by atoms with Crippen molar-refractivity contribution in [3.8, 4) is 0 Å². The summed E-state index contributed by atoms with van der Waals surface area (Å²) >= 11 is 0. The maximum absolute atomic E-state index is 11.6. The average Bonchev–Trinajstić information content (AvgIpc) is 2.21. The molecule has 1 aliphatic rings. The fourth-order valence-corrected chi connectivity index (χ4v) is 1.98. The minimum Gasteiger partial charge on any atom is -0.355 e. The highest BCUT2D eigenvalue weighted by Gasteiger charge is 2.17. The lowest BCUT2D eigenvalue weighted by molar-refractivity contribution is -0.122. The lowest BCUT2D eigenvalue weighted by Gasteiger charge is -2.29. The molecular weight excluding hydrogens is 200 g/mol. The maximum Gasteiger partial charge on any atom is 0.234 e. The van der Waals surface area contributed by atoms with Crippen molar-refractivity contribution in [3.63, 3.8) is 0 Å². The quantitative estimate of drug-likeness (QED) is 0.776. The van der Waals surface area contributed by atoms with Crippen LogP contribution in [-0.2, 0) is 4.79 Å². The molecular formula is C13H26N2O. The Labute approximate surface area is 99.6 Å². The van der Waals surface area contributed by atoms with Crippen LogP contribution in [0.15, 0.2) is 0 Å². The van der Waals surface area contributed by atoms with Gasteiger partial charge in [0.2, 0.25) is 5.91 Å². The van der Waals surface area contributed by atoms with Gasteiger partial charge in [-0.25, -0.2) is 0 Å². The lowest BCUT2D eigenvalue weighted by atomic mass is 9.99. The van der Waals surface area contributed by atoms with Gasteiger partial charge in [-0.05, 0) is 44.2 Å². The zero-order valence-corrected chi connectivity index (χ0v) is 11.0. The van der Waals surface area contributed by atoms with Gasteiger partial charge < -0.3 is 5.32 Å². The molecule has 1 heterocycles. The van der Waals surface area contributed by atoms with Crippen molar-refractivity contribution in [1.29, 1.82) is 0 Å². The second-order valence-electron chi connectivity index (χ2n) is 5.49. The van der Waals surface area contributed by atoms with Crippen LogP contribution in [0.1, 0.15) is 40.0 Å². The smallest absolute Gasteiger partial charge is 0.234 e. The summed E-state index contributed by atoms with van der Waals surface area (Å²) < 4.78 is 0. The first-order valence-electron chi connectivity index (χ1n) is 6.57. The highest BCUT2D eigenvalue weighted by molar-refractivity contribution is 5.77. The molecule has 1 N–H and O–H groups in total. The van der Waals surface area contributed by atoms with Crippen LogP contribution in [-0.4, -0.2) is 37.0 Å². The maximum atomic E-state index is 11.6. The summed E-state index contributed by atoms with van der Waals surface area (Å²) in [6.45, 7) is 10.2. The molecule has 0 bridgehead atoms. The molecule has 1 saturated heterocycles. The largest absolute Gasteiger partial charge is 0.355 e. The normalized spacial score (nSPS) is 19.0. The first-order valence-corrected chi connectivity index (χ1v) is 6.57. The van der Waals surface area contributed by atoms with E-state index < -0.39 is 0 Å². The van der Waals surface area contributed by atoms with Crippen molar-refractivity contribution in [2.45, 2.75) is 40.0 Å². The fraction of sp³-hybridized carbons (Fsp3) is 0.923. The molecule has 3 nitrogen and oxygen atoms in total. The SMILES string of the molecule is CC(C)CCNC(=O)CN1CCC(C)CC1. The highest BCUT2D eigenvalue weighted by atomic mass is 16.2. The molecule has 94 valence electrons. The zero-order chi connectivity index (χ0) is 12.0. The summed E-state index contributed by atoms with van der Waals surface area (Å²) in [4.78, 5) is 13.9. The number of amides is 1. The molecule has 1 fully saturated rings. The number of likely N-dealkylation sites (tertiary alicyclic amines) is 1. The topological polar surface area (TPSA) is 32.3 Å². The third-order valence-electron chi connectivity index (χ3n) is 3.29. The summed E-state index contributed by atoms with van der Waals surface area (Å²) in [7, 11) is 0. The second-order valence-corrected chi connectivity index (χ2v) is 5.49. The van der Waals surface area contributed by atoms with Crippen LogP contribution in [0.4, 0.5) is 0 Å². The van der Waals surface area contributed by atoms with E-state index >= 15 is 0 Å². The van der Waals surface area contributed by atoms with Crippen LogP contribution in [0.3, 0.4) is 0 Å². The fourth-order valence-electron chi connectivity index (χ4n) is 1.98. The van der Waals surface area contributed by atoms with E-state index in [4.69, 9.17) is 0 Å². The van der Waals surface area contributed by atoms with Gasteiger partial charge in [0.15, 0.2) is 0 Å². The number of carbonyl (C=O) groups excluding carboxylic acids is 1. The van der Waals surface area contributed by atoms with Crippen molar-refractivity contribution in [2.24, 2.45) is 11.8 Å². The Morgan fingerprint density at radius 1 is 1.38 bits per heavy atom. The number of nitrogens with one attached hydrogen (secondary N) is 1. The molecule has 0 aromatic heterocycles. The van der Waals surface area contributed by atoms with Gasteiger partial charge >= 0.3 is 0 Å². The highest BCUT2D eigenvalue weighted by Crippen LogP contribution is 2.15. The summed E-state index contributed by atoms with van der Waals surface area (Å²) in [5.74, 6) is 1.69. The van der Waals surface area contributed by atoms with Crippen molar-refractivity contribution in [2.75, 3.05) is 26.2 Å². The first-order chi connectivity index (χ1) is 7.58. The van der Waals surface area contributed by atoms with E-state index in [1.807, 2.05) is 0 Å². The van der Waals surface area contributed by atoms with Gasteiger partial charge in [-0.1, -0.05) is 20.8 Å². The summed E-state index contributed by atoms with van der Waals surface area (Å²) in [5.41, 5.74) is 0. The number of piperidine rings is 1. The number of hydrogen-bond donors (Lipinski definition) is 1. The van der Waals surface area contributed by atoms with Gasteiger partial charge in [0.25, 0.3) is 0 Å². The van der Waals surface area contributed by atoms with Crippen molar-refractivity contribution < 1.29 is 4.79 Å². The molecule has 16 heavy (non-hydrogen) atoms. The monoisotopic (exact) mass is 226 g/mol. The molecule has 1 aliphatic heterocycles. The van der Waals surface area contributed by atoms with E-state index in [9.17, 15) is 4.79 Å². The van der Waals surface area contributed by atoms with Crippen molar-refractivity contribution in [3.05, 3.63) is 0 Å². The third-order valence-corrected chi connectivity index (χ3v) is 3.29. The van der Waals surface area contributed by atoms with E-state index in [0.29, 0.717) is 12.5 Å². The Morgan fingerprint density at radius 3 is 2.56 bits per heavy atom. The second kappa shape index (κ2) is 6.89. The van der Waals surface area contributed by atoms with Gasteiger partial charge in [-0.2, -0.15) is 0 Å². The molecule has 1 rings (SSSR count). The Balaban J connectivity index is 2.09. The number of nitrogens with zero attached hydrogens (tertiary/aromatic N) is 1. The predicted octanol–water partition coefficient (Wildman–Crippen LogP) is 1.88. The number of carbonyl (C=O) groups is 1. The average molecular weight is 226 g/mol. The van der Waals surface area contributed by atoms with E-state index in [1.54, 1.807) is 0 Å². The van der Waals surface area contributed by atoms with Crippen LogP contribution in [0.5, 0.6) is 0 Å². The van der Waals surface area contributed by atoms with E-state index in [-0.39, 0.29) is 5.91 Å². The standard InChI is InChI=1S/C13H26N2O/c1-11(2)4-7-14-13(16)10-15-8-5-12(3)6-9-15/h11-12H,4-10H2,1-3H3,(H,14,16). The van der Waals surface area contributed by atoms with Gasteiger partial charge in [-0.3, -0.25) is 9.69 Å². The van der Waals surface area contributed by atoms with Crippen molar-refractivity contribution in [1.82, 2.24) is 10.2 Å². The minimum absolute atomic E-state index is 0.190. The predicted molar refractivity (Wildman–Crippen MR) is 67.3 cm³/mol.